The van der Waals surface area contributed by atoms with Crippen molar-refractivity contribution in [2.24, 2.45) is 5.92 Å². The van der Waals surface area contributed by atoms with E-state index < -0.39 is 0 Å². The lowest BCUT2D eigenvalue weighted by Crippen LogP contribution is -2.32. The summed E-state index contributed by atoms with van der Waals surface area (Å²) in [6.07, 6.45) is 1.64. The van der Waals surface area contributed by atoms with Crippen molar-refractivity contribution in [1.29, 1.82) is 0 Å². The van der Waals surface area contributed by atoms with Crippen LogP contribution in [0, 0.1) is 5.92 Å². The van der Waals surface area contributed by atoms with Crippen molar-refractivity contribution >= 4 is 17.5 Å². The van der Waals surface area contributed by atoms with Crippen molar-refractivity contribution in [2.75, 3.05) is 25.6 Å². The average molecular weight is 276 g/mol. The molecule has 1 aromatic carbocycles. The van der Waals surface area contributed by atoms with Gasteiger partial charge in [-0.2, -0.15) is 0 Å². The molecule has 0 radical (unpaired) electrons. The highest BCUT2D eigenvalue weighted by molar-refractivity contribution is 5.96. The summed E-state index contributed by atoms with van der Waals surface area (Å²) in [7, 11) is 1.59. The lowest BCUT2D eigenvalue weighted by molar-refractivity contribution is -0.123. The van der Waals surface area contributed by atoms with Gasteiger partial charge in [-0.1, -0.05) is 18.2 Å². The third-order valence-electron chi connectivity index (χ3n) is 3.46. The molecule has 0 saturated carbocycles. The number of carbonyl (C=O) groups is 2. The van der Waals surface area contributed by atoms with E-state index in [1.807, 2.05) is 24.3 Å². The summed E-state index contributed by atoms with van der Waals surface area (Å²) in [6.45, 7) is 1.01. The third kappa shape index (κ3) is 3.81. The Labute approximate surface area is 118 Å². The van der Waals surface area contributed by atoms with Crippen LogP contribution < -0.4 is 10.6 Å². The van der Waals surface area contributed by atoms with Crippen molar-refractivity contribution < 1.29 is 14.3 Å². The second kappa shape index (κ2) is 7.05. The second-order valence-corrected chi connectivity index (χ2v) is 4.93. The van der Waals surface area contributed by atoms with Gasteiger partial charge in [0, 0.05) is 31.7 Å². The van der Waals surface area contributed by atoms with E-state index in [4.69, 9.17) is 4.74 Å². The lowest BCUT2D eigenvalue weighted by Gasteiger charge is -2.24. The molecule has 1 unspecified atom stereocenters. The number of hydrogen-bond acceptors (Lipinski definition) is 3. The summed E-state index contributed by atoms with van der Waals surface area (Å²) < 4.78 is 4.86. The smallest absolute Gasteiger partial charge is 0.227 e. The Morgan fingerprint density at radius 1 is 1.45 bits per heavy atom. The van der Waals surface area contributed by atoms with Gasteiger partial charge in [0.2, 0.25) is 11.8 Å². The number of amides is 2. The van der Waals surface area contributed by atoms with Crippen LogP contribution in [0.3, 0.4) is 0 Å². The van der Waals surface area contributed by atoms with Crippen molar-refractivity contribution in [1.82, 2.24) is 5.32 Å². The number of hydrogen-bond donors (Lipinski definition) is 2. The number of fused-ring (bicyclic) bond motifs is 1. The Balaban J connectivity index is 1.82. The van der Waals surface area contributed by atoms with Crippen molar-refractivity contribution in [3.63, 3.8) is 0 Å². The molecule has 20 heavy (non-hydrogen) atoms. The minimum absolute atomic E-state index is 0.00777. The van der Waals surface area contributed by atoms with Crippen LogP contribution in [-0.4, -0.2) is 32.1 Å². The number of para-hydroxylation sites is 1. The largest absolute Gasteiger partial charge is 0.383 e. The van der Waals surface area contributed by atoms with E-state index in [-0.39, 0.29) is 17.7 Å². The maximum Gasteiger partial charge on any atom is 0.227 e. The van der Waals surface area contributed by atoms with E-state index in [1.165, 1.54) is 0 Å². The fourth-order valence-electron chi connectivity index (χ4n) is 2.33. The van der Waals surface area contributed by atoms with Crippen LogP contribution in [0.25, 0.3) is 0 Å². The molecule has 1 heterocycles. The predicted octanol–water partition coefficient (Wildman–Crippen LogP) is 1.34. The molecular weight excluding hydrogens is 256 g/mol. The molecule has 5 heteroatoms. The fourth-order valence-corrected chi connectivity index (χ4v) is 2.33. The molecule has 0 aliphatic carbocycles. The SMILES string of the molecule is COCCNC(=O)CCC1Cc2ccccc2NC1=O. The zero-order valence-corrected chi connectivity index (χ0v) is 11.6. The van der Waals surface area contributed by atoms with Gasteiger partial charge in [0.05, 0.1) is 6.61 Å². The van der Waals surface area contributed by atoms with E-state index in [2.05, 4.69) is 10.6 Å². The zero-order chi connectivity index (χ0) is 14.4. The second-order valence-electron chi connectivity index (χ2n) is 4.93. The first-order chi connectivity index (χ1) is 9.70. The Morgan fingerprint density at radius 2 is 2.25 bits per heavy atom. The maximum atomic E-state index is 12.0. The van der Waals surface area contributed by atoms with E-state index >= 15 is 0 Å². The van der Waals surface area contributed by atoms with Gasteiger partial charge in [0.25, 0.3) is 0 Å². The quantitative estimate of drug-likeness (QED) is 0.770. The van der Waals surface area contributed by atoms with E-state index in [9.17, 15) is 9.59 Å². The van der Waals surface area contributed by atoms with Gasteiger partial charge in [-0.25, -0.2) is 0 Å². The molecule has 108 valence electrons. The van der Waals surface area contributed by atoms with Crippen LogP contribution in [0.1, 0.15) is 18.4 Å². The minimum Gasteiger partial charge on any atom is -0.383 e. The van der Waals surface area contributed by atoms with Crippen LogP contribution in [0.4, 0.5) is 5.69 Å². The normalized spacial score (nSPS) is 17.2. The molecule has 0 spiro atoms. The fraction of sp³-hybridized carbons (Fsp3) is 0.467. The summed E-state index contributed by atoms with van der Waals surface area (Å²) in [5, 5.41) is 5.66. The molecule has 2 rings (SSSR count). The van der Waals surface area contributed by atoms with Crippen molar-refractivity contribution in [3.8, 4) is 0 Å². The number of carbonyl (C=O) groups excluding carboxylic acids is 2. The Bertz CT molecular complexity index is 488. The first-order valence-electron chi connectivity index (χ1n) is 6.85. The highest BCUT2D eigenvalue weighted by Crippen LogP contribution is 2.27. The van der Waals surface area contributed by atoms with E-state index in [1.54, 1.807) is 7.11 Å². The Kier molecular flexibility index (Phi) is 5.12. The molecule has 0 bridgehead atoms. The number of methoxy groups -OCH3 is 1. The molecule has 0 aromatic heterocycles. The molecule has 1 aromatic rings. The highest BCUT2D eigenvalue weighted by atomic mass is 16.5. The van der Waals surface area contributed by atoms with Gasteiger partial charge >= 0.3 is 0 Å². The summed E-state index contributed by atoms with van der Waals surface area (Å²) in [6, 6.07) is 7.79. The maximum absolute atomic E-state index is 12.0. The van der Waals surface area contributed by atoms with Gasteiger partial charge in [-0.15, -0.1) is 0 Å². The number of rotatable bonds is 6. The Hall–Kier alpha value is -1.88. The summed E-state index contributed by atoms with van der Waals surface area (Å²) in [5.74, 6) is -0.153. The highest BCUT2D eigenvalue weighted by Gasteiger charge is 2.25. The molecule has 1 aliphatic rings. The van der Waals surface area contributed by atoms with Gasteiger partial charge in [-0.05, 0) is 24.5 Å². The number of ether oxygens (including phenoxy) is 1. The zero-order valence-electron chi connectivity index (χ0n) is 11.6. The Morgan fingerprint density at radius 3 is 3.05 bits per heavy atom. The summed E-state index contributed by atoms with van der Waals surface area (Å²) in [4.78, 5) is 23.6. The van der Waals surface area contributed by atoms with Crippen LogP contribution in [0.2, 0.25) is 0 Å². The minimum atomic E-state index is -0.127. The average Bonchev–Trinajstić information content (AvgIpc) is 2.45. The molecule has 1 atom stereocenters. The number of nitrogens with one attached hydrogen (secondary N) is 2. The van der Waals surface area contributed by atoms with Crippen LogP contribution in [0.15, 0.2) is 24.3 Å². The molecule has 5 nitrogen and oxygen atoms in total. The van der Waals surface area contributed by atoms with Crippen LogP contribution in [-0.2, 0) is 20.7 Å². The molecule has 2 amide bonds. The summed E-state index contributed by atoms with van der Waals surface area (Å²) >= 11 is 0. The van der Waals surface area contributed by atoms with Gasteiger partial charge in [0.1, 0.15) is 0 Å². The molecular formula is C15H20N2O3. The van der Waals surface area contributed by atoms with Gasteiger partial charge < -0.3 is 15.4 Å². The number of benzene rings is 1. The topological polar surface area (TPSA) is 67.4 Å². The lowest BCUT2D eigenvalue weighted by atomic mass is 9.89. The van der Waals surface area contributed by atoms with E-state index in [0.717, 1.165) is 11.3 Å². The first-order valence-corrected chi connectivity index (χ1v) is 6.85. The van der Waals surface area contributed by atoms with Crippen LogP contribution in [0.5, 0.6) is 0 Å². The predicted molar refractivity (Wildman–Crippen MR) is 76.4 cm³/mol. The molecule has 0 fully saturated rings. The van der Waals surface area contributed by atoms with E-state index in [0.29, 0.717) is 32.4 Å². The molecule has 2 N–H and O–H groups in total. The van der Waals surface area contributed by atoms with Crippen LogP contribution >= 0.6 is 0 Å². The number of anilines is 1. The summed E-state index contributed by atoms with van der Waals surface area (Å²) in [5.41, 5.74) is 2.02. The van der Waals surface area contributed by atoms with Crippen molar-refractivity contribution in [2.45, 2.75) is 19.3 Å². The van der Waals surface area contributed by atoms with Gasteiger partial charge in [-0.3, -0.25) is 9.59 Å². The van der Waals surface area contributed by atoms with Gasteiger partial charge in [0.15, 0.2) is 0 Å². The standard InChI is InChI=1S/C15H20N2O3/c1-20-9-8-16-14(18)7-6-12-10-11-4-2-3-5-13(11)17-15(12)19/h2-5,12H,6-10H2,1H3,(H,16,18)(H,17,19). The molecule has 1 aliphatic heterocycles. The monoisotopic (exact) mass is 276 g/mol. The third-order valence-corrected chi connectivity index (χ3v) is 3.46. The van der Waals surface area contributed by atoms with Crippen molar-refractivity contribution in [3.05, 3.63) is 29.8 Å². The molecule has 0 saturated heterocycles. The first kappa shape index (κ1) is 14.5.